The largest absolute Gasteiger partial charge is 0.381 e. The molecule has 1 aliphatic rings. The van der Waals surface area contributed by atoms with Crippen LogP contribution in [0.4, 0.5) is 0 Å². The predicted molar refractivity (Wildman–Crippen MR) is 83.1 cm³/mol. The van der Waals surface area contributed by atoms with Crippen molar-refractivity contribution in [2.45, 2.75) is 25.2 Å². The van der Waals surface area contributed by atoms with Gasteiger partial charge in [0.25, 0.3) is 0 Å². The first-order valence-electron chi connectivity index (χ1n) is 7.06. The molecule has 0 bridgehead atoms. The fraction of sp³-hybridized carbons (Fsp3) is 0.438. The summed E-state index contributed by atoms with van der Waals surface area (Å²) in [5.41, 5.74) is 8.38. The van der Waals surface area contributed by atoms with Gasteiger partial charge in [0.2, 0.25) is 0 Å². The minimum absolute atomic E-state index is 0.0146. The Kier molecular flexibility index (Phi) is 3.87. The summed E-state index contributed by atoms with van der Waals surface area (Å²) in [4.78, 5) is 6.20. The number of hydrogen-bond donors (Lipinski definition) is 1. The summed E-state index contributed by atoms with van der Waals surface area (Å²) in [6.07, 6.45) is 1.95. The van der Waals surface area contributed by atoms with E-state index in [4.69, 9.17) is 15.5 Å². The van der Waals surface area contributed by atoms with Crippen molar-refractivity contribution in [1.29, 1.82) is 0 Å². The van der Waals surface area contributed by atoms with Gasteiger partial charge in [0.1, 0.15) is 5.01 Å². The average molecular weight is 288 g/mol. The molecule has 3 nitrogen and oxygen atoms in total. The van der Waals surface area contributed by atoms with E-state index in [1.807, 2.05) is 6.07 Å². The lowest BCUT2D eigenvalue weighted by atomic mass is 9.81. The minimum Gasteiger partial charge on any atom is -0.381 e. The minimum atomic E-state index is 0.0146. The Labute approximate surface area is 123 Å². The fourth-order valence-electron chi connectivity index (χ4n) is 2.75. The number of nitrogens with two attached hydrogens (primary N) is 1. The highest BCUT2D eigenvalue weighted by molar-refractivity contribution is 7.12. The van der Waals surface area contributed by atoms with E-state index in [1.165, 1.54) is 15.4 Å². The Morgan fingerprint density at radius 2 is 1.95 bits per heavy atom. The molecule has 2 N–H and O–H groups in total. The van der Waals surface area contributed by atoms with Gasteiger partial charge in [-0.2, -0.15) is 0 Å². The summed E-state index contributed by atoms with van der Waals surface area (Å²) in [6, 6.07) is 10.4. The quantitative estimate of drug-likeness (QED) is 0.944. The van der Waals surface area contributed by atoms with E-state index < -0.39 is 0 Å². The van der Waals surface area contributed by atoms with Crippen LogP contribution in [0, 0.1) is 6.92 Å². The normalized spacial score (nSPS) is 18.1. The highest BCUT2D eigenvalue weighted by Crippen LogP contribution is 2.39. The van der Waals surface area contributed by atoms with Crippen molar-refractivity contribution >= 4 is 11.3 Å². The number of hydrogen-bond acceptors (Lipinski definition) is 4. The summed E-state index contributed by atoms with van der Waals surface area (Å²) in [7, 11) is 0. The molecule has 1 aromatic heterocycles. The molecule has 0 atom stereocenters. The van der Waals surface area contributed by atoms with Crippen molar-refractivity contribution in [1.82, 2.24) is 4.98 Å². The second-order valence-corrected chi connectivity index (χ2v) is 6.59. The van der Waals surface area contributed by atoms with Crippen molar-refractivity contribution < 1.29 is 4.74 Å². The summed E-state index contributed by atoms with van der Waals surface area (Å²) in [5, 5.41) is 1.18. The monoisotopic (exact) mass is 288 g/mol. The summed E-state index contributed by atoms with van der Waals surface area (Å²) in [6.45, 7) is 4.37. The van der Waals surface area contributed by atoms with Gasteiger partial charge in [-0.1, -0.05) is 30.3 Å². The van der Waals surface area contributed by atoms with Gasteiger partial charge in [0.15, 0.2) is 0 Å². The zero-order chi connectivity index (χ0) is 14.0. The van der Waals surface area contributed by atoms with Crippen LogP contribution in [0.15, 0.2) is 30.3 Å². The van der Waals surface area contributed by atoms with Crippen LogP contribution >= 0.6 is 11.3 Å². The number of thiazole rings is 1. The number of ether oxygens (including phenoxy) is 1. The second kappa shape index (κ2) is 5.64. The van der Waals surface area contributed by atoms with Gasteiger partial charge in [-0.05, 0) is 19.8 Å². The van der Waals surface area contributed by atoms with E-state index in [-0.39, 0.29) is 5.41 Å². The molecule has 2 heterocycles. The van der Waals surface area contributed by atoms with Gasteiger partial charge in [-0.3, -0.25) is 0 Å². The van der Waals surface area contributed by atoms with Crippen molar-refractivity contribution in [2.24, 2.45) is 5.73 Å². The highest BCUT2D eigenvalue weighted by atomic mass is 32.1. The van der Waals surface area contributed by atoms with Crippen LogP contribution in [0.25, 0.3) is 11.3 Å². The molecule has 1 saturated heterocycles. The Bertz CT molecular complexity index is 573. The molecule has 0 radical (unpaired) electrons. The van der Waals surface area contributed by atoms with Crippen molar-refractivity contribution in [3.8, 4) is 11.3 Å². The zero-order valence-corrected chi connectivity index (χ0v) is 12.6. The molecule has 0 unspecified atom stereocenters. The van der Waals surface area contributed by atoms with Crippen molar-refractivity contribution in [3.05, 3.63) is 40.2 Å². The molecular formula is C16H20N2OS. The number of benzene rings is 1. The third kappa shape index (κ3) is 2.39. The van der Waals surface area contributed by atoms with E-state index in [2.05, 4.69) is 31.2 Å². The van der Waals surface area contributed by atoms with Crippen molar-refractivity contribution in [3.63, 3.8) is 0 Å². The number of aryl methyl sites for hydroxylation is 1. The molecule has 0 aliphatic carbocycles. The third-order valence-corrected chi connectivity index (χ3v) is 5.36. The lowest BCUT2D eigenvalue weighted by molar-refractivity contribution is 0.0529. The van der Waals surface area contributed by atoms with Gasteiger partial charge in [-0.15, -0.1) is 11.3 Å². The van der Waals surface area contributed by atoms with Gasteiger partial charge < -0.3 is 10.5 Å². The Morgan fingerprint density at radius 3 is 2.60 bits per heavy atom. The van der Waals surface area contributed by atoms with Crippen LogP contribution in [-0.4, -0.2) is 24.7 Å². The molecule has 20 heavy (non-hydrogen) atoms. The van der Waals surface area contributed by atoms with E-state index in [9.17, 15) is 0 Å². The standard InChI is InChI=1S/C16H20N2OS/c1-12-14(13-5-3-2-4-6-13)18-15(20-12)16(11-17)7-9-19-10-8-16/h2-6H,7-11,17H2,1H3. The maximum absolute atomic E-state index is 6.08. The van der Waals surface area contributed by atoms with Crippen LogP contribution < -0.4 is 5.73 Å². The van der Waals surface area contributed by atoms with Gasteiger partial charge in [-0.25, -0.2) is 4.98 Å². The third-order valence-electron chi connectivity index (χ3n) is 4.14. The van der Waals surface area contributed by atoms with Gasteiger partial charge in [0, 0.05) is 35.6 Å². The average Bonchev–Trinajstić information content (AvgIpc) is 2.91. The number of rotatable bonds is 3. The number of aromatic nitrogens is 1. The maximum Gasteiger partial charge on any atom is 0.101 e. The van der Waals surface area contributed by atoms with E-state index in [1.54, 1.807) is 11.3 Å². The molecular weight excluding hydrogens is 268 g/mol. The van der Waals surface area contributed by atoms with Gasteiger partial charge in [0.05, 0.1) is 5.69 Å². The predicted octanol–water partition coefficient (Wildman–Crippen LogP) is 3.13. The second-order valence-electron chi connectivity index (χ2n) is 5.39. The molecule has 1 aliphatic heterocycles. The Hall–Kier alpha value is -1.23. The molecule has 2 aromatic rings. The fourth-order valence-corrected chi connectivity index (χ4v) is 3.95. The van der Waals surface area contributed by atoms with Crippen LogP contribution in [-0.2, 0) is 10.2 Å². The SMILES string of the molecule is Cc1sc(C2(CN)CCOCC2)nc1-c1ccccc1. The summed E-state index contributed by atoms with van der Waals surface area (Å²) < 4.78 is 5.49. The molecule has 0 saturated carbocycles. The van der Waals surface area contributed by atoms with Crippen LogP contribution in [0.1, 0.15) is 22.7 Å². The van der Waals surface area contributed by atoms with E-state index in [0.29, 0.717) is 6.54 Å². The van der Waals surface area contributed by atoms with Crippen LogP contribution in [0.5, 0.6) is 0 Å². The summed E-state index contributed by atoms with van der Waals surface area (Å²) in [5.74, 6) is 0. The lowest BCUT2D eigenvalue weighted by Crippen LogP contribution is -2.40. The van der Waals surface area contributed by atoms with E-state index >= 15 is 0 Å². The molecule has 1 aromatic carbocycles. The summed E-state index contributed by atoms with van der Waals surface area (Å²) >= 11 is 1.79. The first-order chi connectivity index (χ1) is 9.75. The maximum atomic E-state index is 6.08. The zero-order valence-electron chi connectivity index (χ0n) is 11.8. The van der Waals surface area contributed by atoms with Gasteiger partial charge >= 0.3 is 0 Å². The van der Waals surface area contributed by atoms with Crippen LogP contribution in [0.2, 0.25) is 0 Å². The Balaban J connectivity index is 2.00. The van der Waals surface area contributed by atoms with Crippen LogP contribution in [0.3, 0.4) is 0 Å². The topological polar surface area (TPSA) is 48.1 Å². The van der Waals surface area contributed by atoms with E-state index in [0.717, 1.165) is 31.7 Å². The molecule has 0 amide bonds. The smallest absolute Gasteiger partial charge is 0.101 e. The molecule has 106 valence electrons. The molecule has 4 heteroatoms. The highest BCUT2D eigenvalue weighted by Gasteiger charge is 2.36. The first-order valence-corrected chi connectivity index (χ1v) is 7.88. The van der Waals surface area contributed by atoms with Crippen molar-refractivity contribution in [2.75, 3.05) is 19.8 Å². The molecule has 1 fully saturated rings. The number of nitrogens with zero attached hydrogens (tertiary/aromatic N) is 1. The first kappa shape index (κ1) is 13.7. The molecule has 3 rings (SSSR count). The lowest BCUT2D eigenvalue weighted by Gasteiger charge is -2.34. The Morgan fingerprint density at radius 1 is 1.25 bits per heavy atom. The molecule has 0 spiro atoms.